The summed E-state index contributed by atoms with van der Waals surface area (Å²) in [5, 5.41) is 3.01. The average Bonchev–Trinajstić information content (AvgIpc) is 3.16. The van der Waals surface area contributed by atoms with E-state index in [1.54, 1.807) is 54.6 Å². The largest absolute Gasteiger partial charge is 0.493 e. The van der Waals surface area contributed by atoms with Gasteiger partial charge in [-0.05, 0) is 84.4 Å². The van der Waals surface area contributed by atoms with Crippen molar-refractivity contribution in [1.29, 1.82) is 0 Å². The lowest BCUT2D eigenvalue weighted by atomic mass is 10.2. The summed E-state index contributed by atoms with van der Waals surface area (Å²) in [6, 6.07) is 19.3. The van der Waals surface area contributed by atoms with E-state index in [9.17, 15) is 14.4 Å². The second-order valence-electron chi connectivity index (χ2n) is 8.25. The standard InChI is InChI=1S/C28H25ClN2O6S/c1-18-4-3-5-21(14-18)30-26(32)17-37-23-11-6-19(15-24(23)35-2)16-25-27(33)31(28(34)38-25)12-13-36-22-9-7-20(29)8-10-22/h3-11,14-16H,12-13,17H2,1-2H3,(H,30,32)/b25-16-. The molecule has 0 bridgehead atoms. The maximum atomic E-state index is 12.8. The molecule has 1 saturated heterocycles. The lowest BCUT2D eigenvalue weighted by Gasteiger charge is -2.13. The number of anilines is 1. The van der Waals surface area contributed by atoms with Crippen molar-refractivity contribution in [3.8, 4) is 17.2 Å². The van der Waals surface area contributed by atoms with Gasteiger partial charge in [0, 0.05) is 10.7 Å². The Labute approximate surface area is 229 Å². The van der Waals surface area contributed by atoms with E-state index in [4.69, 9.17) is 25.8 Å². The molecular weight excluding hydrogens is 528 g/mol. The number of nitrogens with zero attached hydrogens (tertiary/aromatic N) is 1. The smallest absolute Gasteiger partial charge is 0.293 e. The van der Waals surface area contributed by atoms with Crippen LogP contribution >= 0.6 is 23.4 Å². The number of nitrogens with one attached hydrogen (secondary N) is 1. The van der Waals surface area contributed by atoms with Crippen LogP contribution in [0.5, 0.6) is 17.2 Å². The molecule has 0 unspecified atom stereocenters. The van der Waals surface area contributed by atoms with Crippen LogP contribution < -0.4 is 19.5 Å². The zero-order chi connectivity index (χ0) is 27.1. The molecule has 0 aromatic heterocycles. The Hall–Kier alpha value is -3.95. The van der Waals surface area contributed by atoms with E-state index in [2.05, 4.69) is 5.32 Å². The third-order valence-corrected chi connectivity index (χ3v) is 6.58. The summed E-state index contributed by atoms with van der Waals surface area (Å²) in [4.78, 5) is 39.0. The summed E-state index contributed by atoms with van der Waals surface area (Å²) in [7, 11) is 1.48. The Balaban J connectivity index is 1.35. The molecule has 8 nitrogen and oxygen atoms in total. The monoisotopic (exact) mass is 552 g/mol. The number of halogens is 1. The number of aryl methyl sites for hydroxylation is 1. The van der Waals surface area contributed by atoms with Crippen molar-refractivity contribution >= 4 is 52.2 Å². The van der Waals surface area contributed by atoms with Crippen LogP contribution in [0.25, 0.3) is 6.08 Å². The molecule has 3 amide bonds. The van der Waals surface area contributed by atoms with Crippen LogP contribution in [0.3, 0.4) is 0 Å². The number of carbonyl (C=O) groups is 3. The van der Waals surface area contributed by atoms with Gasteiger partial charge in [-0.25, -0.2) is 0 Å². The zero-order valence-electron chi connectivity index (χ0n) is 20.7. The normalized spacial score (nSPS) is 14.1. The summed E-state index contributed by atoms with van der Waals surface area (Å²) < 4.78 is 16.7. The number of rotatable bonds is 10. The van der Waals surface area contributed by atoms with Crippen molar-refractivity contribution in [2.24, 2.45) is 0 Å². The maximum absolute atomic E-state index is 12.8. The molecule has 0 saturated carbocycles. The fourth-order valence-corrected chi connectivity index (χ4v) is 4.58. The average molecular weight is 553 g/mol. The van der Waals surface area contributed by atoms with Gasteiger partial charge in [-0.15, -0.1) is 0 Å². The fraction of sp³-hybridized carbons (Fsp3) is 0.179. The van der Waals surface area contributed by atoms with E-state index in [-0.39, 0.29) is 35.8 Å². The van der Waals surface area contributed by atoms with Gasteiger partial charge in [0.25, 0.3) is 17.1 Å². The molecule has 1 fully saturated rings. The topological polar surface area (TPSA) is 94.2 Å². The molecule has 0 radical (unpaired) electrons. The maximum Gasteiger partial charge on any atom is 0.293 e. The van der Waals surface area contributed by atoms with Crippen LogP contribution in [0.4, 0.5) is 10.5 Å². The highest BCUT2D eigenvalue weighted by Crippen LogP contribution is 2.34. The van der Waals surface area contributed by atoms with Crippen LogP contribution in [-0.2, 0) is 9.59 Å². The number of hydrogen-bond donors (Lipinski definition) is 1. The van der Waals surface area contributed by atoms with Gasteiger partial charge in [0.05, 0.1) is 18.6 Å². The molecule has 0 aliphatic carbocycles. The van der Waals surface area contributed by atoms with Gasteiger partial charge in [-0.2, -0.15) is 0 Å². The minimum absolute atomic E-state index is 0.116. The number of hydrogen-bond acceptors (Lipinski definition) is 7. The quantitative estimate of drug-likeness (QED) is 0.318. The van der Waals surface area contributed by atoms with E-state index in [1.165, 1.54) is 7.11 Å². The van der Waals surface area contributed by atoms with Crippen molar-refractivity contribution in [2.75, 3.05) is 32.2 Å². The summed E-state index contributed by atoms with van der Waals surface area (Å²) in [5.41, 5.74) is 2.36. The van der Waals surface area contributed by atoms with Crippen molar-refractivity contribution in [1.82, 2.24) is 4.90 Å². The Bertz CT molecular complexity index is 1380. The highest BCUT2D eigenvalue weighted by Gasteiger charge is 2.34. The number of benzene rings is 3. The molecule has 10 heteroatoms. The van der Waals surface area contributed by atoms with Crippen LogP contribution in [0.2, 0.25) is 5.02 Å². The first kappa shape index (κ1) is 27.1. The lowest BCUT2D eigenvalue weighted by molar-refractivity contribution is -0.123. The molecule has 3 aromatic carbocycles. The minimum atomic E-state index is -0.396. The number of amides is 3. The molecule has 196 valence electrons. The first-order chi connectivity index (χ1) is 18.3. The van der Waals surface area contributed by atoms with Crippen molar-refractivity contribution < 1.29 is 28.6 Å². The molecule has 3 aromatic rings. The van der Waals surface area contributed by atoms with Gasteiger partial charge in [0.2, 0.25) is 0 Å². The van der Waals surface area contributed by atoms with E-state index in [0.29, 0.717) is 33.5 Å². The highest BCUT2D eigenvalue weighted by atomic mass is 35.5. The highest BCUT2D eigenvalue weighted by molar-refractivity contribution is 8.18. The van der Waals surface area contributed by atoms with Crippen molar-refractivity contribution in [3.63, 3.8) is 0 Å². The predicted molar refractivity (Wildman–Crippen MR) is 148 cm³/mol. The number of imide groups is 1. The van der Waals surface area contributed by atoms with E-state index < -0.39 is 5.91 Å². The second kappa shape index (κ2) is 12.5. The summed E-state index contributed by atoms with van der Waals surface area (Å²) in [5.74, 6) is 0.649. The number of thioether (sulfide) groups is 1. The Morgan fingerprint density at radius 1 is 1.03 bits per heavy atom. The number of ether oxygens (including phenoxy) is 3. The molecule has 0 spiro atoms. The molecule has 1 aliphatic rings. The third-order valence-electron chi connectivity index (χ3n) is 5.42. The van der Waals surface area contributed by atoms with Crippen LogP contribution in [-0.4, -0.2) is 48.8 Å². The summed E-state index contributed by atoms with van der Waals surface area (Å²) >= 11 is 6.72. The van der Waals surface area contributed by atoms with E-state index in [0.717, 1.165) is 22.2 Å². The molecular formula is C28H25ClN2O6S. The van der Waals surface area contributed by atoms with Gasteiger partial charge in [-0.3, -0.25) is 19.3 Å². The Kier molecular flexibility index (Phi) is 8.93. The predicted octanol–water partition coefficient (Wildman–Crippen LogP) is 5.79. The first-order valence-electron chi connectivity index (χ1n) is 11.6. The van der Waals surface area contributed by atoms with Gasteiger partial charge in [-0.1, -0.05) is 29.8 Å². The molecule has 1 heterocycles. The molecule has 4 rings (SSSR count). The van der Waals surface area contributed by atoms with Gasteiger partial charge >= 0.3 is 0 Å². The molecule has 1 N–H and O–H groups in total. The minimum Gasteiger partial charge on any atom is -0.493 e. The number of methoxy groups -OCH3 is 1. The Morgan fingerprint density at radius 2 is 1.82 bits per heavy atom. The van der Waals surface area contributed by atoms with Crippen LogP contribution in [0, 0.1) is 6.92 Å². The van der Waals surface area contributed by atoms with Crippen LogP contribution in [0.15, 0.2) is 71.6 Å². The SMILES string of the molecule is COc1cc(/C=C2\SC(=O)N(CCOc3ccc(Cl)cc3)C2=O)ccc1OCC(=O)Nc1cccc(C)c1. The Morgan fingerprint density at radius 3 is 2.55 bits per heavy atom. The molecule has 38 heavy (non-hydrogen) atoms. The van der Waals surface area contributed by atoms with E-state index >= 15 is 0 Å². The van der Waals surface area contributed by atoms with Crippen molar-refractivity contribution in [3.05, 3.63) is 87.8 Å². The molecule has 1 aliphatic heterocycles. The molecule has 0 atom stereocenters. The second-order valence-corrected chi connectivity index (χ2v) is 9.68. The van der Waals surface area contributed by atoms with Gasteiger partial charge in [0.1, 0.15) is 12.4 Å². The van der Waals surface area contributed by atoms with E-state index in [1.807, 2.05) is 25.1 Å². The van der Waals surface area contributed by atoms with Gasteiger partial charge < -0.3 is 19.5 Å². The van der Waals surface area contributed by atoms with Crippen molar-refractivity contribution in [2.45, 2.75) is 6.92 Å². The summed E-state index contributed by atoms with van der Waals surface area (Å²) in [6.07, 6.45) is 1.61. The van der Waals surface area contributed by atoms with Crippen LogP contribution in [0.1, 0.15) is 11.1 Å². The third kappa shape index (κ3) is 7.08. The van der Waals surface area contributed by atoms with Gasteiger partial charge in [0.15, 0.2) is 18.1 Å². The number of carbonyl (C=O) groups excluding carboxylic acids is 3. The summed E-state index contributed by atoms with van der Waals surface area (Å²) in [6.45, 7) is 2.01. The first-order valence-corrected chi connectivity index (χ1v) is 12.8. The lowest BCUT2D eigenvalue weighted by Crippen LogP contribution is -2.32. The fourth-order valence-electron chi connectivity index (χ4n) is 3.59. The zero-order valence-corrected chi connectivity index (χ0v) is 22.3.